The molecule has 82 valence electrons. The molecule has 0 aliphatic carbocycles. The predicted molar refractivity (Wildman–Crippen MR) is 63.3 cm³/mol. The summed E-state index contributed by atoms with van der Waals surface area (Å²) in [6, 6.07) is 5.49. The Morgan fingerprint density at radius 3 is 2.67 bits per heavy atom. The van der Waals surface area contributed by atoms with Gasteiger partial charge in [-0.1, -0.05) is 0 Å². The van der Waals surface area contributed by atoms with Gasteiger partial charge >= 0.3 is 0 Å². The van der Waals surface area contributed by atoms with Gasteiger partial charge in [0.15, 0.2) is 0 Å². The zero-order chi connectivity index (χ0) is 10.7. The van der Waals surface area contributed by atoms with Gasteiger partial charge in [-0.3, -0.25) is 0 Å². The van der Waals surface area contributed by atoms with Crippen molar-refractivity contribution >= 4 is 17.4 Å². The largest absolute Gasteiger partial charge is 0.369 e. The van der Waals surface area contributed by atoms with E-state index in [4.69, 9.17) is 0 Å². The molecule has 1 N–H and O–H groups in total. The zero-order valence-electron chi connectivity index (χ0n) is 8.79. The molecule has 0 radical (unpaired) electrons. The van der Waals surface area contributed by atoms with Crippen molar-refractivity contribution in [1.29, 1.82) is 0 Å². The molecule has 15 heavy (non-hydrogen) atoms. The Morgan fingerprint density at radius 1 is 1.33 bits per heavy atom. The molecule has 1 fully saturated rings. The van der Waals surface area contributed by atoms with Gasteiger partial charge in [0, 0.05) is 36.8 Å². The first-order valence-electron chi connectivity index (χ1n) is 5.10. The topological polar surface area (TPSA) is 15.3 Å². The quantitative estimate of drug-likeness (QED) is 0.776. The molecular weight excluding hydrogens is 211 g/mol. The number of hydrogen-bond acceptors (Lipinski definition) is 3. The number of hydrogen-bond donors (Lipinski definition) is 1. The van der Waals surface area contributed by atoms with Crippen LogP contribution in [0.1, 0.15) is 0 Å². The molecule has 1 aromatic rings. The average Bonchev–Trinajstić information content (AvgIpc) is 2.30. The molecule has 1 aliphatic heterocycles. The van der Waals surface area contributed by atoms with Crippen molar-refractivity contribution in [2.24, 2.45) is 0 Å². The molecule has 0 spiro atoms. The summed E-state index contributed by atoms with van der Waals surface area (Å²) >= 11 is 1.44. The highest BCUT2D eigenvalue weighted by Crippen LogP contribution is 2.24. The Morgan fingerprint density at radius 2 is 2.07 bits per heavy atom. The first-order valence-corrected chi connectivity index (χ1v) is 6.33. The van der Waals surface area contributed by atoms with Crippen LogP contribution < -0.4 is 10.2 Å². The molecule has 0 amide bonds. The second-order valence-corrected chi connectivity index (χ2v) is 4.40. The molecule has 0 aromatic heterocycles. The van der Waals surface area contributed by atoms with E-state index in [1.165, 1.54) is 11.8 Å². The van der Waals surface area contributed by atoms with E-state index >= 15 is 0 Å². The SMILES string of the molecule is CSc1ccc(N2CCNCC2)cc1F. The Balaban J connectivity index is 2.17. The van der Waals surface area contributed by atoms with Gasteiger partial charge in [-0.05, 0) is 24.5 Å². The van der Waals surface area contributed by atoms with Crippen LogP contribution in [-0.4, -0.2) is 32.4 Å². The summed E-state index contributed by atoms with van der Waals surface area (Å²) in [7, 11) is 0. The Bertz CT molecular complexity index is 337. The van der Waals surface area contributed by atoms with Crippen molar-refractivity contribution in [3.05, 3.63) is 24.0 Å². The van der Waals surface area contributed by atoms with Crippen LogP contribution in [0.4, 0.5) is 10.1 Å². The smallest absolute Gasteiger partial charge is 0.138 e. The van der Waals surface area contributed by atoms with Crippen molar-refractivity contribution < 1.29 is 4.39 Å². The molecule has 1 aromatic carbocycles. The number of thioether (sulfide) groups is 1. The van der Waals surface area contributed by atoms with Crippen LogP contribution >= 0.6 is 11.8 Å². The lowest BCUT2D eigenvalue weighted by atomic mass is 10.2. The van der Waals surface area contributed by atoms with Gasteiger partial charge in [0.2, 0.25) is 0 Å². The monoisotopic (exact) mass is 226 g/mol. The van der Waals surface area contributed by atoms with E-state index in [9.17, 15) is 4.39 Å². The molecule has 1 heterocycles. The minimum atomic E-state index is -0.112. The third-order valence-electron chi connectivity index (χ3n) is 2.62. The number of nitrogens with zero attached hydrogens (tertiary/aromatic N) is 1. The van der Waals surface area contributed by atoms with Crippen molar-refractivity contribution in [1.82, 2.24) is 5.32 Å². The van der Waals surface area contributed by atoms with Crippen LogP contribution in [0.3, 0.4) is 0 Å². The van der Waals surface area contributed by atoms with E-state index in [0.29, 0.717) is 4.90 Å². The third-order valence-corrected chi connectivity index (χ3v) is 3.39. The molecule has 2 nitrogen and oxygen atoms in total. The van der Waals surface area contributed by atoms with Crippen molar-refractivity contribution in [2.45, 2.75) is 4.90 Å². The van der Waals surface area contributed by atoms with Crippen molar-refractivity contribution in [3.63, 3.8) is 0 Å². The van der Waals surface area contributed by atoms with Gasteiger partial charge in [-0.25, -0.2) is 4.39 Å². The van der Waals surface area contributed by atoms with Gasteiger partial charge in [0.05, 0.1) is 0 Å². The van der Waals surface area contributed by atoms with Gasteiger partial charge in [0.25, 0.3) is 0 Å². The van der Waals surface area contributed by atoms with Gasteiger partial charge in [-0.15, -0.1) is 11.8 Å². The van der Waals surface area contributed by atoms with Gasteiger partial charge in [0.1, 0.15) is 5.82 Å². The highest BCUT2D eigenvalue weighted by molar-refractivity contribution is 7.98. The summed E-state index contributed by atoms with van der Waals surface area (Å²) in [5.41, 5.74) is 0.992. The lowest BCUT2D eigenvalue weighted by Gasteiger charge is -2.29. The van der Waals surface area contributed by atoms with E-state index in [1.807, 2.05) is 18.4 Å². The molecule has 0 atom stereocenters. The lowest BCUT2D eigenvalue weighted by Crippen LogP contribution is -2.43. The summed E-state index contributed by atoms with van der Waals surface area (Å²) in [4.78, 5) is 2.93. The highest BCUT2D eigenvalue weighted by atomic mass is 32.2. The van der Waals surface area contributed by atoms with Crippen LogP contribution in [-0.2, 0) is 0 Å². The van der Waals surface area contributed by atoms with E-state index in [2.05, 4.69) is 10.2 Å². The first kappa shape index (κ1) is 10.8. The van der Waals surface area contributed by atoms with Gasteiger partial charge in [-0.2, -0.15) is 0 Å². The summed E-state index contributed by atoms with van der Waals surface area (Å²) in [5.74, 6) is -0.112. The summed E-state index contributed by atoms with van der Waals surface area (Å²) in [5, 5.41) is 3.28. The molecule has 4 heteroatoms. The van der Waals surface area contributed by atoms with Crippen LogP contribution in [0.15, 0.2) is 23.1 Å². The maximum absolute atomic E-state index is 13.5. The number of piperazine rings is 1. The number of anilines is 1. The number of halogens is 1. The number of rotatable bonds is 2. The maximum atomic E-state index is 13.5. The second kappa shape index (κ2) is 4.86. The van der Waals surface area contributed by atoms with E-state index in [0.717, 1.165) is 31.9 Å². The minimum absolute atomic E-state index is 0.112. The fourth-order valence-corrected chi connectivity index (χ4v) is 2.23. The summed E-state index contributed by atoms with van der Waals surface area (Å²) in [6.45, 7) is 3.87. The summed E-state index contributed by atoms with van der Waals surface area (Å²) < 4.78 is 13.5. The predicted octanol–water partition coefficient (Wildman–Crippen LogP) is 1.96. The lowest BCUT2D eigenvalue weighted by molar-refractivity contribution is 0.579. The zero-order valence-corrected chi connectivity index (χ0v) is 9.61. The van der Waals surface area contributed by atoms with Crippen molar-refractivity contribution in [2.75, 3.05) is 37.3 Å². The fraction of sp³-hybridized carbons (Fsp3) is 0.455. The maximum Gasteiger partial charge on any atom is 0.138 e. The highest BCUT2D eigenvalue weighted by Gasteiger charge is 2.11. The van der Waals surface area contributed by atoms with E-state index in [1.54, 1.807) is 6.07 Å². The minimum Gasteiger partial charge on any atom is -0.369 e. The molecule has 1 aliphatic rings. The Kier molecular flexibility index (Phi) is 3.49. The molecule has 0 unspecified atom stereocenters. The summed E-state index contributed by atoms with van der Waals surface area (Å²) in [6.07, 6.45) is 1.89. The molecular formula is C11H15FN2S. The average molecular weight is 226 g/mol. The standard InChI is InChI=1S/C11H15FN2S/c1-15-11-3-2-9(8-10(11)12)14-6-4-13-5-7-14/h2-3,8,13H,4-7H2,1H3. The fourth-order valence-electron chi connectivity index (χ4n) is 1.78. The number of benzene rings is 1. The van der Waals surface area contributed by atoms with E-state index < -0.39 is 0 Å². The van der Waals surface area contributed by atoms with Crippen LogP contribution in [0.5, 0.6) is 0 Å². The Labute approximate surface area is 93.8 Å². The molecule has 2 rings (SSSR count). The number of nitrogens with one attached hydrogen (secondary N) is 1. The second-order valence-electron chi connectivity index (χ2n) is 3.56. The normalized spacial score (nSPS) is 16.8. The molecule has 1 saturated heterocycles. The van der Waals surface area contributed by atoms with Crippen LogP contribution in [0, 0.1) is 5.82 Å². The van der Waals surface area contributed by atoms with Crippen molar-refractivity contribution in [3.8, 4) is 0 Å². The first-order chi connectivity index (χ1) is 7.31. The molecule has 0 bridgehead atoms. The third kappa shape index (κ3) is 2.44. The van der Waals surface area contributed by atoms with Crippen LogP contribution in [0.25, 0.3) is 0 Å². The van der Waals surface area contributed by atoms with E-state index in [-0.39, 0.29) is 5.82 Å². The van der Waals surface area contributed by atoms with Crippen LogP contribution in [0.2, 0.25) is 0 Å². The Hall–Kier alpha value is -0.740. The molecule has 0 saturated carbocycles. The van der Waals surface area contributed by atoms with Gasteiger partial charge < -0.3 is 10.2 Å².